The van der Waals surface area contributed by atoms with Crippen LogP contribution >= 0.6 is 0 Å². The Labute approximate surface area is 165 Å². The smallest absolute Gasteiger partial charge is 0.287 e. The Bertz CT molecular complexity index is 773. The summed E-state index contributed by atoms with van der Waals surface area (Å²) in [4.78, 5) is 29.0. The second-order valence-corrected chi connectivity index (χ2v) is 6.98. The van der Waals surface area contributed by atoms with E-state index in [0.29, 0.717) is 13.1 Å². The lowest BCUT2D eigenvalue weighted by atomic mass is 10.2. The molecule has 3 rings (SSSR count). The van der Waals surface area contributed by atoms with E-state index in [1.54, 1.807) is 26.2 Å². The van der Waals surface area contributed by atoms with Crippen LogP contribution < -0.4 is 10.1 Å². The lowest BCUT2D eigenvalue weighted by Crippen LogP contribution is -2.48. The number of nitrogens with one attached hydrogen (secondary N) is 1. The first-order valence-electron chi connectivity index (χ1n) is 9.55. The Balaban J connectivity index is 1.50. The molecule has 1 aliphatic rings. The van der Waals surface area contributed by atoms with Crippen LogP contribution in [-0.2, 0) is 11.3 Å². The average molecular weight is 385 g/mol. The van der Waals surface area contributed by atoms with Gasteiger partial charge in [0.1, 0.15) is 11.8 Å². The molecule has 2 heterocycles. The maximum atomic E-state index is 12.7. The molecule has 1 aromatic carbocycles. The van der Waals surface area contributed by atoms with Gasteiger partial charge in [-0.05, 0) is 43.2 Å². The van der Waals surface area contributed by atoms with Gasteiger partial charge >= 0.3 is 0 Å². The van der Waals surface area contributed by atoms with E-state index in [4.69, 9.17) is 9.15 Å². The molecule has 1 fully saturated rings. The van der Waals surface area contributed by atoms with Crippen LogP contribution in [-0.4, -0.2) is 60.9 Å². The largest absolute Gasteiger partial charge is 0.497 e. The number of rotatable bonds is 6. The summed E-state index contributed by atoms with van der Waals surface area (Å²) in [6, 6.07) is 10.7. The molecule has 1 aliphatic heterocycles. The molecule has 2 aromatic rings. The first-order valence-corrected chi connectivity index (χ1v) is 9.55. The third-order valence-corrected chi connectivity index (χ3v) is 4.93. The fourth-order valence-electron chi connectivity index (χ4n) is 3.35. The van der Waals surface area contributed by atoms with Crippen molar-refractivity contribution in [2.24, 2.45) is 0 Å². The number of amides is 2. The first kappa shape index (κ1) is 19.9. The van der Waals surface area contributed by atoms with E-state index in [1.807, 2.05) is 17.0 Å². The minimum absolute atomic E-state index is 0.0637. The SMILES string of the molecule is COc1ccc(CN2CCCN(C(=O)C(C)NC(=O)c3ccco3)CC2)cc1. The fourth-order valence-corrected chi connectivity index (χ4v) is 3.35. The summed E-state index contributed by atoms with van der Waals surface area (Å²) in [6.07, 6.45) is 2.34. The van der Waals surface area contributed by atoms with E-state index >= 15 is 0 Å². The zero-order valence-electron chi connectivity index (χ0n) is 16.4. The van der Waals surface area contributed by atoms with Crippen LogP contribution in [0.4, 0.5) is 0 Å². The van der Waals surface area contributed by atoms with E-state index in [0.717, 1.165) is 31.8 Å². The Morgan fingerprint density at radius 2 is 1.93 bits per heavy atom. The van der Waals surface area contributed by atoms with Gasteiger partial charge in [0.05, 0.1) is 13.4 Å². The zero-order chi connectivity index (χ0) is 19.9. The van der Waals surface area contributed by atoms with Crippen molar-refractivity contribution in [3.8, 4) is 5.75 Å². The van der Waals surface area contributed by atoms with Crippen LogP contribution in [0.3, 0.4) is 0 Å². The van der Waals surface area contributed by atoms with Gasteiger partial charge in [0.25, 0.3) is 5.91 Å². The molecule has 150 valence electrons. The first-order chi connectivity index (χ1) is 13.6. The summed E-state index contributed by atoms with van der Waals surface area (Å²) in [7, 11) is 1.66. The number of hydrogen-bond donors (Lipinski definition) is 1. The maximum Gasteiger partial charge on any atom is 0.287 e. The number of benzene rings is 1. The molecule has 1 aromatic heterocycles. The van der Waals surface area contributed by atoms with E-state index in [2.05, 4.69) is 22.3 Å². The Morgan fingerprint density at radius 3 is 2.61 bits per heavy atom. The van der Waals surface area contributed by atoms with Crippen LogP contribution in [0.15, 0.2) is 47.1 Å². The predicted octanol–water partition coefficient (Wildman–Crippen LogP) is 2.14. The molecule has 7 nitrogen and oxygen atoms in total. The minimum Gasteiger partial charge on any atom is -0.497 e. The van der Waals surface area contributed by atoms with E-state index in [9.17, 15) is 9.59 Å². The second kappa shape index (κ2) is 9.41. The Hall–Kier alpha value is -2.80. The Kier molecular flexibility index (Phi) is 6.71. The Morgan fingerprint density at radius 1 is 1.14 bits per heavy atom. The minimum atomic E-state index is -0.592. The number of nitrogens with zero attached hydrogens (tertiary/aromatic N) is 2. The van der Waals surface area contributed by atoms with Crippen molar-refractivity contribution in [2.45, 2.75) is 25.9 Å². The molecule has 1 atom stereocenters. The molecule has 1 N–H and O–H groups in total. The number of ether oxygens (including phenoxy) is 1. The van der Waals surface area contributed by atoms with Gasteiger partial charge in [0.15, 0.2) is 5.76 Å². The third-order valence-electron chi connectivity index (χ3n) is 4.93. The third kappa shape index (κ3) is 5.13. The molecule has 0 spiro atoms. The highest BCUT2D eigenvalue weighted by Crippen LogP contribution is 2.14. The van der Waals surface area contributed by atoms with Crippen molar-refractivity contribution in [3.05, 3.63) is 54.0 Å². The topological polar surface area (TPSA) is 75.0 Å². The zero-order valence-corrected chi connectivity index (χ0v) is 16.4. The molecule has 2 amide bonds. The van der Waals surface area contributed by atoms with Gasteiger partial charge in [-0.15, -0.1) is 0 Å². The average Bonchev–Trinajstić information content (AvgIpc) is 3.15. The van der Waals surface area contributed by atoms with Crippen molar-refractivity contribution < 1.29 is 18.7 Å². The number of carbonyl (C=O) groups excluding carboxylic acids is 2. The quantitative estimate of drug-likeness (QED) is 0.825. The monoisotopic (exact) mass is 385 g/mol. The highest BCUT2D eigenvalue weighted by molar-refractivity contribution is 5.95. The number of furan rings is 1. The summed E-state index contributed by atoms with van der Waals surface area (Å²) >= 11 is 0. The predicted molar refractivity (Wildman–Crippen MR) is 105 cm³/mol. The normalized spacial score (nSPS) is 16.3. The summed E-state index contributed by atoms with van der Waals surface area (Å²) in [5, 5.41) is 2.71. The molecule has 1 saturated heterocycles. The van der Waals surface area contributed by atoms with Crippen molar-refractivity contribution in [3.63, 3.8) is 0 Å². The molecule has 0 bridgehead atoms. The highest BCUT2D eigenvalue weighted by Gasteiger charge is 2.25. The maximum absolute atomic E-state index is 12.7. The van der Waals surface area contributed by atoms with Crippen molar-refractivity contribution in [2.75, 3.05) is 33.3 Å². The number of carbonyl (C=O) groups is 2. The summed E-state index contributed by atoms with van der Waals surface area (Å²) < 4.78 is 10.3. The van der Waals surface area contributed by atoms with Crippen LogP contribution in [0.5, 0.6) is 5.75 Å². The summed E-state index contributed by atoms with van der Waals surface area (Å²) in [6.45, 7) is 5.63. The van der Waals surface area contributed by atoms with Gasteiger partial charge in [-0.1, -0.05) is 12.1 Å². The van der Waals surface area contributed by atoms with Gasteiger partial charge in [-0.25, -0.2) is 0 Å². The van der Waals surface area contributed by atoms with Crippen molar-refractivity contribution in [1.29, 1.82) is 0 Å². The lowest BCUT2D eigenvalue weighted by molar-refractivity contribution is -0.132. The van der Waals surface area contributed by atoms with Gasteiger partial charge in [0, 0.05) is 32.7 Å². The van der Waals surface area contributed by atoms with E-state index in [1.165, 1.54) is 11.8 Å². The van der Waals surface area contributed by atoms with Crippen LogP contribution in [0.2, 0.25) is 0 Å². The molecule has 1 unspecified atom stereocenters. The molecule has 7 heteroatoms. The second-order valence-electron chi connectivity index (χ2n) is 6.98. The van der Waals surface area contributed by atoms with Crippen molar-refractivity contribution in [1.82, 2.24) is 15.1 Å². The highest BCUT2D eigenvalue weighted by atomic mass is 16.5. The molecule has 0 aliphatic carbocycles. The van der Waals surface area contributed by atoms with Crippen LogP contribution in [0, 0.1) is 0 Å². The fraction of sp³-hybridized carbons (Fsp3) is 0.429. The molecule has 0 radical (unpaired) electrons. The molecule has 0 saturated carbocycles. The molecule has 28 heavy (non-hydrogen) atoms. The number of methoxy groups -OCH3 is 1. The van der Waals surface area contributed by atoms with E-state index in [-0.39, 0.29) is 17.6 Å². The number of hydrogen-bond acceptors (Lipinski definition) is 5. The molecular weight excluding hydrogens is 358 g/mol. The van der Waals surface area contributed by atoms with Gasteiger partial charge in [0.2, 0.25) is 5.91 Å². The lowest BCUT2D eigenvalue weighted by Gasteiger charge is -2.25. The summed E-state index contributed by atoms with van der Waals surface area (Å²) in [5.41, 5.74) is 1.22. The summed E-state index contributed by atoms with van der Waals surface area (Å²) in [5.74, 6) is 0.621. The van der Waals surface area contributed by atoms with Crippen LogP contribution in [0.25, 0.3) is 0 Å². The van der Waals surface area contributed by atoms with Gasteiger partial charge in [-0.2, -0.15) is 0 Å². The van der Waals surface area contributed by atoms with Crippen molar-refractivity contribution >= 4 is 11.8 Å². The molecular formula is C21H27N3O4. The van der Waals surface area contributed by atoms with Gasteiger partial charge < -0.3 is 19.4 Å². The van der Waals surface area contributed by atoms with Crippen LogP contribution in [0.1, 0.15) is 29.5 Å². The van der Waals surface area contributed by atoms with Gasteiger partial charge in [-0.3, -0.25) is 14.5 Å². The van der Waals surface area contributed by atoms with E-state index < -0.39 is 6.04 Å². The standard InChI is InChI=1S/C21H27N3O4/c1-16(22-20(25)19-5-3-14-28-19)21(26)24-11-4-10-23(12-13-24)15-17-6-8-18(27-2)9-7-17/h3,5-9,14,16H,4,10-13,15H2,1-2H3,(H,22,25).